The molecule has 126 valence electrons. The summed E-state index contributed by atoms with van der Waals surface area (Å²) < 4.78 is 38.6. The molecule has 0 aliphatic heterocycles. The number of carbonyl (C=O) groups excluding carboxylic acids is 1. The molecule has 3 N–H and O–H groups in total. The van der Waals surface area contributed by atoms with E-state index in [0.29, 0.717) is 23.4 Å². The van der Waals surface area contributed by atoms with E-state index in [4.69, 9.17) is 10.8 Å². The van der Waals surface area contributed by atoms with Gasteiger partial charge in [-0.1, -0.05) is 12.1 Å². The highest BCUT2D eigenvalue weighted by Gasteiger charge is 2.32. The smallest absolute Gasteiger partial charge is 0.416 e. The lowest BCUT2D eigenvalue weighted by atomic mass is 9.97. The number of hydrogen-bond acceptors (Lipinski definition) is 3. The van der Waals surface area contributed by atoms with E-state index in [2.05, 4.69) is 0 Å². The molecule has 0 unspecified atom stereocenters. The van der Waals surface area contributed by atoms with Gasteiger partial charge in [-0.3, -0.25) is 4.79 Å². The highest BCUT2D eigenvalue weighted by atomic mass is 19.4. The first-order valence-electron chi connectivity index (χ1n) is 6.91. The van der Waals surface area contributed by atoms with Crippen molar-refractivity contribution in [1.82, 2.24) is 0 Å². The molecule has 0 amide bonds. The van der Waals surface area contributed by atoms with Crippen LogP contribution in [0.25, 0.3) is 0 Å². The minimum Gasteiger partial charge on any atom is -0.478 e. The molecule has 2 rings (SSSR count). The number of nitrogens with two attached hydrogens (primary N) is 1. The van der Waals surface area contributed by atoms with Gasteiger partial charge >= 0.3 is 12.1 Å². The van der Waals surface area contributed by atoms with Crippen LogP contribution in [0.15, 0.2) is 36.4 Å². The average Bonchev–Trinajstić information content (AvgIpc) is 2.49. The fourth-order valence-electron chi connectivity index (χ4n) is 2.16. The number of ketones is 1. The third-order valence-corrected chi connectivity index (χ3v) is 3.54. The Morgan fingerprint density at radius 2 is 1.71 bits per heavy atom. The molecule has 0 saturated carbocycles. The van der Waals surface area contributed by atoms with Gasteiger partial charge in [-0.05, 0) is 42.3 Å². The fourth-order valence-corrected chi connectivity index (χ4v) is 2.16. The van der Waals surface area contributed by atoms with Crippen molar-refractivity contribution in [1.29, 1.82) is 0 Å². The van der Waals surface area contributed by atoms with Crippen molar-refractivity contribution in [2.24, 2.45) is 0 Å². The van der Waals surface area contributed by atoms with Crippen molar-refractivity contribution < 1.29 is 27.9 Å². The van der Waals surface area contributed by atoms with Crippen molar-refractivity contribution in [3.05, 3.63) is 64.2 Å². The summed E-state index contributed by atoms with van der Waals surface area (Å²) in [5, 5.41) is 8.94. The number of nitrogen functional groups attached to an aromatic ring is 1. The molecule has 0 bridgehead atoms. The summed E-state index contributed by atoms with van der Waals surface area (Å²) >= 11 is 0. The number of hydrogen-bond donors (Lipinski definition) is 2. The standard InChI is InChI=1S/C17H14F3NO3/c1-9-2-3-10(4-14(9)21)5-15(22)11-6-12(16(23)24)8-13(7-11)17(18,19)20/h2-4,6-8H,5,21H2,1H3,(H,23,24). The zero-order chi connectivity index (χ0) is 18.1. The Morgan fingerprint density at radius 1 is 1.08 bits per heavy atom. The Labute approximate surface area is 135 Å². The highest BCUT2D eigenvalue weighted by Crippen LogP contribution is 2.31. The summed E-state index contributed by atoms with van der Waals surface area (Å²) in [5.74, 6) is -2.15. The van der Waals surface area contributed by atoms with Gasteiger partial charge in [0.25, 0.3) is 0 Å². The van der Waals surface area contributed by atoms with Crippen LogP contribution < -0.4 is 5.73 Å². The largest absolute Gasteiger partial charge is 0.478 e. The highest BCUT2D eigenvalue weighted by molar-refractivity contribution is 6.00. The first-order valence-corrected chi connectivity index (χ1v) is 6.91. The van der Waals surface area contributed by atoms with Gasteiger partial charge in [0.15, 0.2) is 5.78 Å². The van der Waals surface area contributed by atoms with Crippen molar-refractivity contribution in [2.75, 3.05) is 5.73 Å². The molecule has 0 heterocycles. The summed E-state index contributed by atoms with van der Waals surface area (Å²) in [6.45, 7) is 1.78. The predicted octanol–water partition coefficient (Wildman–Crippen LogP) is 3.72. The molecule has 0 atom stereocenters. The maximum Gasteiger partial charge on any atom is 0.416 e. The van der Waals surface area contributed by atoms with Crippen molar-refractivity contribution in [2.45, 2.75) is 19.5 Å². The summed E-state index contributed by atoms with van der Waals surface area (Å²) in [5.41, 5.74) is 5.50. The molecular weight excluding hydrogens is 323 g/mol. The fraction of sp³-hybridized carbons (Fsp3) is 0.176. The quantitative estimate of drug-likeness (QED) is 0.658. The molecule has 2 aromatic carbocycles. The Bertz CT molecular complexity index is 813. The summed E-state index contributed by atoms with van der Waals surface area (Å²) in [6.07, 6.45) is -4.92. The van der Waals surface area contributed by atoms with Crippen LogP contribution in [0.1, 0.15) is 37.4 Å². The van der Waals surface area contributed by atoms with Gasteiger partial charge in [0.05, 0.1) is 11.1 Å². The molecule has 0 aliphatic carbocycles. The van der Waals surface area contributed by atoms with E-state index < -0.39 is 29.1 Å². The van der Waals surface area contributed by atoms with Crippen LogP contribution in [0, 0.1) is 6.92 Å². The molecule has 7 heteroatoms. The van der Waals surface area contributed by atoms with Crippen LogP contribution in [0.2, 0.25) is 0 Å². The first kappa shape index (κ1) is 17.5. The molecule has 2 aromatic rings. The topological polar surface area (TPSA) is 80.4 Å². The minimum absolute atomic E-state index is 0.176. The van der Waals surface area contributed by atoms with Crippen LogP contribution in [-0.4, -0.2) is 16.9 Å². The molecule has 0 aliphatic rings. The van der Waals surface area contributed by atoms with Crippen LogP contribution >= 0.6 is 0 Å². The number of rotatable bonds is 4. The van der Waals surface area contributed by atoms with Gasteiger partial charge in [-0.2, -0.15) is 13.2 Å². The predicted molar refractivity (Wildman–Crippen MR) is 82.0 cm³/mol. The number of carbonyl (C=O) groups is 2. The molecule has 0 fully saturated rings. The number of Topliss-reactive ketones (excluding diaryl/α,β-unsaturated/α-hetero) is 1. The van der Waals surface area contributed by atoms with Crippen LogP contribution in [0.5, 0.6) is 0 Å². The van der Waals surface area contributed by atoms with Gasteiger partial charge in [-0.15, -0.1) is 0 Å². The van der Waals surface area contributed by atoms with E-state index in [-0.39, 0.29) is 12.0 Å². The van der Waals surface area contributed by atoms with Crippen molar-refractivity contribution >= 4 is 17.4 Å². The number of carboxylic acid groups (broad SMARTS) is 1. The van der Waals surface area contributed by atoms with Crippen molar-refractivity contribution in [3.63, 3.8) is 0 Å². The number of aromatic carboxylic acids is 1. The van der Waals surface area contributed by atoms with Crippen LogP contribution in [0.3, 0.4) is 0 Å². The molecule has 4 nitrogen and oxygen atoms in total. The molecule has 0 spiro atoms. The molecule has 24 heavy (non-hydrogen) atoms. The maximum absolute atomic E-state index is 12.9. The van der Waals surface area contributed by atoms with E-state index in [1.165, 1.54) is 0 Å². The molecular formula is C17H14F3NO3. The lowest BCUT2D eigenvalue weighted by molar-refractivity contribution is -0.137. The maximum atomic E-state index is 12.9. The molecule has 0 saturated heterocycles. The van der Waals surface area contributed by atoms with Crippen LogP contribution in [-0.2, 0) is 12.6 Å². The number of carboxylic acids is 1. The number of halogens is 3. The second-order valence-corrected chi connectivity index (χ2v) is 5.39. The lowest BCUT2D eigenvalue weighted by Crippen LogP contribution is -2.12. The van der Waals surface area contributed by atoms with E-state index in [1.807, 2.05) is 0 Å². The summed E-state index contributed by atoms with van der Waals surface area (Å²) in [6, 6.07) is 7.02. The van der Waals surface area contributed by atoms with Gasteiger partial charge in [-0.25, -0.2) is 4.79 Å². The minimum atomic E-state index is -4.74. The SMILES string of the molecule is Cc1ccc(CC(=O)c2cc(C(=O)O)cc(C(F)(F)F)c2)cc1N. The second-order valence-electron chi connectivity index (χ2n) is 5.39. The van der Waals surface area contributed by atoms with E-state index in [0.717, 1.165) is 11.6 Å². The average molecular weight is 337 g/mol. The van der Waals surface area contributed by atoms with Gasteiger partial charge in [0, 0.05) is 17.7 Å². The Kier molecular flexibility index (Phi) is 4.64. The van der Waals surface area contributed by atoms with E-state index in [9.17, 15) is 22.8 Å². The molecule has 0 radical (unpaired) electrons. The van der Waals surface area contributed by atoms with Gasteiger partial charge < -0.3 is 10.8 Å². The Hall–Kier alpha value is -2.83. The lowest BCUT2D eigenvalue weighted by Gasteiger charge is -2.11. The molecule has 0 aromatic heterocycles. The number of aryl methyl sites for hydroxylation is 1. The van der Waals surface area contributed by atoms with E-state index >= 15 is 0 Å². The zero-order valence-electron chi connectivity index (χ0n) is 12.6. The Balaban J connectivity index is 2.39. The van der Waals surface area contributed by atoms with Gasteiger partial charge in [0.2, 0.25) is 0 Å². The summed E-state index contributed by atoms with van der Waals surface area (Å²) in [7, 11) is 0. The third-order valence-electron chi connectivity index (χ3n) is 3.54. The van der Waals surface area contributed by atoms with Crippen molar-refractivity contribution in [3.8, 4) is 0 Å². The van der Waals surface area contributed by atoms with Crippen LogP contribution in [0.4, 0.5) is 18.9 Å². The Morgan fingerprint density at radius 3 is 2.25 bits per heavy atom. The second kappa shape index (κ2) is 6.35. The number of anilines is 1. The monoisotopic (exact) mass is 337 g/mol. The summed E-state index contributed by atoms with van der Waals surface area (Å²) in [4.78, 5) is 23.3. The number of benzene rings is 2. The number of alkyl halides is 3. The zero-order valence-corrected chi connectivity index (χ0v) is 12.6. The van der Waals surface area contributed by atoms with E-state index in [1.54, 1.807) is 25.1 Å². The normalized spacial score (nSPS) is 11.3. The van der Waals surface area contributed by atoms with Gasteiger partial charge in [0.1, 0.15) is 0 Å². The third kappa shape index (κ3) is 3.92. The first-order chi connectivity index (χ1) is 11.1.